The minimum absolute atomic E-state index is 0.129. The summed E-state index contributed by atoms with van der Waals surface area (Å²) in [6.07, 6.45) is 5.44. The van der Waals surface area contributed by atoms with E-state index in [-0.39, 0.29) is 5.91 Å². The molecule has 3 aromatic heterocycles. The largest absolute Gasteiger partial charge is 0.346 e. The zero-order chi connectivity index (χ0) is 18.3. The van der Waals surface area contributed by atoms with Gasteiger partial charge >= 0.3 is 0 Å². The number of aryl methyl sites for hydroxylation is 3. The second-order valence-electron chi connectivity index (χ2n) is 6.53. The lowest BCUT2D eigenvalue weighted by atomic mass is 10.0. The van der Waals surface area contributed by atoms with Crippen LogP contribution in [-0.2, 0) is 6.54 Å². The molecule has 0 bridgehead atoms. The normalized spacial score (nSPS) is 11.2. The molecule has 130 valence electrons. The van der Waals surface area contributed by atoms with E-state index in [2.05, 4.69) is 26.3 Å². The van der Waals surface area contributed by atoms with Crippen LogP contribution in [-0.4, -0.2) is 25.3 Å². The predicted molar refractivity (Wildman–Crippen MR) is 100 cm³/mol. The summed E-state index contributed by atoms with van der Waals surface area (Å²) < 4.78 is 1.83. The number of rotatable bonds is 3. The summed E-state index contributed by atoms with van der Waals surface area (Å²) in [4.78, 5) is 26.0. The molecule has 0 saturated heterocycles. The molecule has 0 saturated carbocycles. The molecule has 0 aliphatic carbocycles. The molecular weight excluding hydrogens is 326 g/mol. The Labute approximate surface area is 150 Å². The van der Waals surface area contributed by atoms with Crippen LogP contribution in [0.1, 0.15) is 32.9 Å². The summed E-state index contributed by atoms with van der Waals surface area (Å²) in [5, 5.41) is 3.84. The Morgan fingerprint density at radius 2 is 2.00 bits per heavy atom. The molecule has 4 aromatic rings. The van der Waals surface area contributed by atoms with Crippen LogP contribution in [0.15, 0.2) is 42.9 Å². The number of benzene rings is 1. The zero-order valence-electron chi connectivity index (χ0n) is 14.9. The SMILES string of the molecule is Cc1cc(C)c2nc(C)cc(C(=O)NCc3cn4cccnc4n3)c2c1. The molecule has 0 unspecified atom stereocenters. The quantitative estimate of drug-likeness (QED) is 0.619. The van der Waals surface area contributed by atoms with Gasteiger partial charge in [-0.3, -0.25) is 14.2 Å². The maximum Gasteiger partial charge on any atom is 0.252 e. The van der Waals surface area contributed by atoms with Gasteiger partial charge in [-0.2, -0.15) is 0 Å². The average molecular weight is 345 g/mol. The fourth-order valence-electron chi connectivity index (χ4n) is 3.23. The van der Waals surface area contributed by atoms with E-state index in [0.717, 1.165) is 33.4 Å². The lowest BCUT2D eigenvalue weighted by Gasteiger charge is -2.11. The molecule has 4 rings (SSSR count). The summed E-state index contributed by atoms with van der Waals surface area (Å²) in [5.41, 5.74) is 5.29. The topological polar surface area (TPSA) is 72.2 Å². The van der Waals surface area contributed by atoms with Gasteiger partial charge in [0.05, 0.1) is 23.3 Å². The first-order valence-electron chi connectivity index (χ1n) is 8.46. The van der Waals surface area contributed by atoms with Crippen LogP contribution in [0.3, 0.4) is 0 Å². The first kappa shape index (κ1) is 16.2. The van der Waals surface area contributed by atoms with E-state index in [1.165, 1.54) is 0 Å². The van der Waals surface area contributed by atoms with E-state index in [1.807, 2.05) is 55.8 Å². The molecule has 0 aliphatic rings. The second kappa shape index (κ2) is 6.22. The standard InChI is InChI=1S/C20H19N5O/c1-12-7-13(2)18-16(8-12)17(9-14(3)23-18)19(26)22-10-15-11-25-6-4-5-21-20(25)24-15/h4-9,11H,10H2,1-3H3,(H,22,26). The second-order valence-corrected chi connectivity index (χ2v) is 6.53. The van der Waals surface area contributed by atoms with Gasteiger partial charge < -0.3 is 5.32 Å². The van der Waals surface area contributed by atoms with Crippen LogP contribution in [0.25, 0.3) is 16.7 Å². The molecule has 0 radical (unpaired) electrons. The predicted octanol–water partition coefficient (Wildman–Crippen LogP) is 3.13. The van der Waals surface area contributed by atoms with E-state index < -0.39 is 0 Å². The Hall–Kier alpha value is -3.28. The molecule has 0 fully saturated rings. The summed E-state index contributed by atoms with van der Waals surface area (Å²) >= 11 is 0. The minimum Gasteiger partial charge on any atom is -0.346 e. The van der Waals surface area contributed by atoms with Crippen molar-refractivity contribution in [3.05, 3.63) is 70.9 Å². The Balaban J connectivity index is 1.65. The third-order valence-electron chi connectivity index (χ3n) is 4.34. The zero-order valence-corrected chi connectivity index (χ0v) is 14.9. The van der Waals surface area contributed by atoms with Crippen LogP contribution < -0.4 is 5.32 Å². The molecule has 6 heteroatoms. The van der Waals surface area contributed by atoms with Crippen molar-refractivity contribution >= 4 is 22.6 Å². The average Bonchev–Trinajstić information content (AvgIpc) is 3.03. The van der Waals surface area contributed by atoms with E-state index in [9.17, 15) is 4.79 Å². The highest BCUT2D eigenvalue weighted by Gasteiger charge is 2.14. The number of imidazole rings is 1. The number of hydrogen-bond acceptors (Lipinski definition) is 4. The Bertz CT molecular complexity index is 1110. The molecule has 26 heavy (non-hydrogen) atoms. The highest BCUT2D eigenvalue weighted by Crippen LogP contribution is 2.23. The van der Waals surface area contributed by atoms with E-state index in [0.29, 0.717) is 17.9 Å². The molecule has 0 atom stereocenters. The summed E-state index contributed by atoms with van der Waals surface area (Å²) in [6, 6.07) is 7.77. The number of nitrogens with zero attached hydrogens (tertiary/aromatic N) is 4. The van der Waals surface area contributed by atoms with Crippen molar-refractivity contribution in [1.82, 2.24) is 24.7 Å². The molecule has 6 nitrogen and oxygen atoms in total. The van der Waals surface area contributed by atoms with Gasteiger partial charge in [0, 0.05) is 29.7 Å². The van der Waals surface area contributed by atoms with Crippen LogP contribution in [0.4, 0.5) is 0 Å². The highest BCUT2D eigenvalue weighted by atomic mass is 16.1. The maximum absolute atomic E-state index is 12.8. The van der Waals surface area contributed by atoms with E-state index >= 15 is 0 Å². The summed E-state index contributed by atoms with van der Waals surface area (Å²) in [6.45, 7) is 6.30. The van der Waals surface area contributed by atoms with Crippen molar-refractivity contribution < 1.29 is 4.79 Å². The number of carbonyl (C=O) groups excluding carboxylic acids is 1. The molecular formula is C20H19N5O. The number of carbonyl (C=O) groups is 1. The van der Waals surface area contributed by atoms with Gasteiger partial charge in [0.15, 0.2) is 0 Å². The monoisotopic (exact) mass is 345 g/mol. The smallest absolute Gasteiger partial charge is 0.252 e. The number of hydrogen-bond donors (Lipinski definition) is 1. The van der Waals surface area contributed by atoms with Crippen LogP contribution >= 0.6 is 0 Å². The number of amides is 1. The third-order valence-corrected chi connectivity index (χ3v) is 4.34. The van der Waals surface area contributed by atoms with Crippen LogP contribution in [0.2, 0.25) is 0 Å². The first-order valence-corrected chi connectivity index (χ1v) is 8.46. The number of fused-ring (bicyclic) bond motifs is 2. The van der Waals surface area contributed by atoms with Gasteiger partial charge in [-0.15, -0.1) is 0 Å². The van der Waals surface area contributed by atoms with E-state index in [4.69, 9.17) is 0 Å². The van der Waals surface area contributed by atoms with Gasteiger partial charge in [0.2, 0.25) is 5.78 Å². The Kier molecular flexibility index (Phi) is 3.88. The lowest BCUT2D eigenvalue weighted by molar-refractivity contribution is 0.0952. The molecule has 0 aliphatic heterocycles. The summed E-state index contributed by atoms with van der Waals surface area (Å²) in [5.74, 6) is 0.490. The highest BCUT2D eigenvalue weighted by molar-refractivity contribution is 6.07. The van der Waals surface area contributed by atoms with Crippen LogP contribution in [0.5, 0.6) is 0 Å². The van der Waals surface area contributed by atoms with Crippen molar-refractivity contribution in [3.8, 4) is 0 Å². The minimum atomic E-state index is -0.129. The van der Waals surface area contributed by atoms with Crippen molar-refractivity contribution in [3.63, 3.8) is 0 Å². The fourth-order valence-corrected chi connectivity index (χ4v) is 3.23. The van der Waals surface area contributed by atoms with Crippen molar-refractivity contribution in [2.45, 2.75) is 27.3 Å². The molecule has 0 spiro atoms. The third kappa shape index (κ3) is 2.90. The lowest BCUT2D eigenvalue weighted by Crippen LogP contribution is -2.23. The van der Waals surface area contributed by atoms with Gasteiger partial charge in [-0.05, 0) is 44.5 Å². The molecule has 1 aromatic carbocycles. The Morgan fingerprint density at radius 1 is 1.15 bits per heavy atom. The number of pyridine rings is 1. The van der Waals surface area contributed by atoms with Gasteiger partial charge in [-0.25, -0.2) is 9.97 Å². The fraction of sp³-hybridized carbons (Fsp3) is 0.200. The van der Waals surface area contributed by atoms with Gasteiger partial charge in [0.25, 0.3) is 5.91 Å². The molecule has 1 amide bonds. The van der Waals surface area contributed by atoms with Crippen molar-refractivity contribution in [1.29, 1.82) is 0 Å². The van der Waals surface area contributed by atoms with Gasteiger partial charge in [-0.1, -0.05) is 11.6 Å². The molecule has 3 heterocycles. The number of aromatic nitrogens is 4. The number of nitrogens with one attached hydrogen (secondary N) is 1. The Morgan fingerprint density at radius 3 is 2.81 bits per heavy atom. The van der Waals surface area contributed by atoms with E-state index in [1.54, 1.807) is 6.20 Å². The molecule has 1 N–H and O–H groups in total. The van der Waals surface area contributed by atoms with Crippen molar-refractivity contribution in [2.24, 2.45) is 0 Å². The summed E-state index contributed by atoms with van der Waals surface area (Å²) in [7, 11) is 0. The van der Waals surface area contributed by atoms with Gasteiger partial charge in [0.1, 0.15) is 0 Å². The first-order chi connectivity index (χ1) is 12.5. The van der Waals surface area contributed by atoms with Crippen molar-refractivity contribution in [2.75, 3.05) is 0 Å². The van der Waals surface area contributed by atoms with Crippen LogP contribution in [0, 0.1) is 20.8 Å². The maximum atomic E-state index is 12.8.